The van der Waals surface area contributed by atoms with E-state index in [-0.39, 0.29) is 5.16 Å². The van der Waals surface area contributed by atoms with Gasteiger partial charge in [-0.1, -0.05) is 11.6 Å². The topological polar surface area (TPSA) is 90.9 Å². The van der Waals surface area contributed by atoms with Crippen LogP contribution in [0.4, 0.5) is 0 Å². The van der Waals surface area contributed by atoms with Gasteiger partial charge in [0.15, 0.2) is 5.82 Å². The number of hydrogen-bond donors (Lipinski definition) is 1. The zero-order chi connectivity index (χ0) is 16.0. The molecule has 2 N–H and O–H groups in total. The fourth-order valence-corrected chi connectivity index (χ4v) is 3.53. The van der Waals surface area contributed by atoms with Crippen molar-refractivity contribution in [3.8, 4) is 11.4 Å². The first-order valence-electron chi connectivity index (χ1n) is 5.96. The third kappa shape index (κ3) is 3.28. The van der Waals surface area contributed by atoms with Crippen LogP contribution in [0, 0.1) is 0 Å². The van der Waals surface area contributed by atoms with Gasteiger partial charge >= 0.3 is 0 Å². The van der Waals surface area contributed by atoms with Crippen LogP contribution in [0.3, 0.4) is 0 Å². The zero-order valence-electron chi connectivity index (χ0n) is 11.6. The molecule has 0 bridgehead atoms. The highest BCUT2D eigenvalue weighted by Gasteiger charge is 2.29. The standard InChI is InChI=1S/C12H14BrClN4O2S/c1-12(2,3)18-10(16-17-11(18)21(15,19)20)8-5-4-7(14)6-9(8)13/h4-6H,1-3H3,(H2,15,19,20). The van der Waals surface area contributed by atoms with Crippen molar-refractivity contribution in [3.05, 3.63) is 27.7 Å². The van der Waals surface area contributed by atoms with Crippen LogP contribution in [0.15, 0.2) is 27.8 Å². The third-order valence-electron chi connectivity index (χ3n) is 2.73. The molecule has 0 saturated heterocycles. The number of nitrogens with two attached hydrogens (primary N) is 1. The molecular weight excluding hydrogens is 380 g/mol. The zero-order valence-corrected chi connectivity index (χ0v) is 14.8. The number of hydrogen-bond acceptors (Lipinski definition) is 4. The summed E-state index contributed by atoms with van der Waals surface area (Å²) < 4.78 is 25.6. The highest BCUT2D eigenvalue weighted by atomic mass is 79.9. The maximum Gasteiger partial charge on any atom is 0.273 e. The minimum absolute atomic E-state index is 0.271. The number of sulfonamides is 1. The Labute approximate surface area is 136 Å². The summed E-state index contributed by atoms with van der Waals surface area (Å²) in [5.74, 6) is 0.398. The molecule has 0 atom stereocenters. The molecule has 0 radical (unpaired) electrons. The molecule has 2 rings (SSSR count). The van der Waals surface area contributed by atoms with Crippen molar-refractivity contribution in [2.45, 2.75) is 31.5 Å². The van der Waals surface area contributed by atoms with E-state index in [2.05, 4.69) is 26.1 Å². The Hall–Kier alpha value is -0.960. The smallest absolute Gasteiger partial charge is 0.273 e. The molecule has 1 heterocycles. The van der Waals surface area contributed by atoms with Gasteiger partial charge in [0.1, 0.15) is 0 Å². The Morgan fingerprint density at radius 2 is 1.90 bits per heavy atom. The van der Waals surface area contributed by atoms with Gasteiger partial charge in [0, 0.05) is 20.6 Å². The van der Waals surface area contributed by atoms with Crippen molar-refractivity contribution in [2.24, 2.45) is 5.14 Å². The normalized spacial score (nSPS) is 12.7. The molecule has 0 fully saturated rings. The second-order valence-corrected chi connectivity index (χ2v) is 8.23. The lowest BCUT2D eigenvalue weighted by Crippen LogP contribution is -2.29. The molecule has 0 amide bonds. The van der Waals surface area contributed by atoms with Gasteiger partial charge in [0.25, 0.3) is 15.2 Å². The van der Waals surface area contributed by atoms with Crippen LogP contribution in [-0.4, -0.2) is 23.2 Å². The quantitative estimate of drug-likeness (QED) is 0.849. The molecule has 6 nitrogen and oxygen atoms in total. The summed E-state index contributed by atoms with van der Waals surface area (Å²) in [5, 5.41) is 13.2. The van der Waals surface area contributed by atoms with Crippen LogP contribution < -0.4 is 5.14 Å². The van der Waals surface area contributed by atoms with Crippen molar-refractivity contribution in [2.75, 3.05) is 0 Å². The van der Waals surface area contributed by atoms with Gasteiger partial charge in [-0.2, -0.15) is 0 Å². The van der Waals surface area contributed by atoms with Crippen molar-refractivity contribution >= 4 is 37.6 Å². The molecular formula is C12H14BrClN4O2S. The van der Waals surface area contributed by atoms with Crippen LogP contribution >= 0.6 is 27.5 Å². The van der Waals surface area contributed by atoms with Crippen LogP contribution in [0.25, 0.3) is 11.4 Å². The highest BCUT2D eigenvalue weighted by Crippen LogP contribution is 2.33. The summed E-state index contributed by atoms with van der Waals surface area (Å²) in [6.07, 6.45) is 0. The predicted molar refractivity (Wildman–Crippen MR) is 84.5 cm³/mol. The lowest BCUT2D eigenvalue weighted by atomic mass is 10.1. The van der Waals surface area contributed by atoms with E-state index in [0.717, 1.165) is 0 Å². The molecule has 0 aliphatic heterocycles. The summed E-state index contributed by atoms with van der Waals surface area (Å²) >= 11 is 9.32. The van der Waals surface area contributed by atoms with E-state index in [0.29, 0.717) is 20.9 Å². The summed E-state index contributed by atoms with van der Waals surface area (Å²) in [6, 6.07) is 5.14. The number of nitrogens with zero attached hydrogens (tertiary/aromatic N) is 3. The maximum atomic E-state index is 11.7. The highest BCUT2D eigenvalue weighted by molar-refractivity contribution is 9.10. The van der Waals surface area contributed by atoms with E-state index in [1.165, 1.54) is 4.57 Å². The van der Waals surface area contributed by atoms with Gasteiger partial charge in [0.2, 0.25) is 0 Å². The maximum absolute atomic E-state index is 11.7. The van der Waals surface area contributed by atoms with Gasteiger partial charge in [-0.15, -0.1) is 10.2 Å². The van der Waals surface area contributed by atoms with Crippen molar-refractivity contribution in [1.82, 2.24) is 14.8 Å². The lowest BCUT2D eigenvalue weighted by Gasteiger charge is -2.24. The minimum Gasteiger partial charge on any atom is -0.291 e. The van der Waals surface area contributed by atoms with Gasteiger partial charge in [-0.3, -0.25) is 4.57 Å². The van der Waals surface area contributed by atoms with E-state index < -0.39 is 15.6 Å². The molecule has 21 heavy (non-hydrogen) atoms. The largest absolute Gasteiger partial charge is 0.291 e. The van der Waals surface area contributed by atoms with E-state index in [4.69, 9.17) is 16.7 Å². The van der Waals surface area contributed by atoms with E-state index in [1.54, 1.807) is 18.2 Å². The second-order valence-electron chi connectivity index (χ2n) is 5.48. The first-order valence-corrected chi connectivity index (χ1v) is 8.67. The summed E-state index contributed by atoms with van der Waals surface area (Å²) in [7, 11) is -3.98. The number of primary sulfonamides is 1. The fourth-order valence-electron chi connectivity index (χ4n) is 1.90. The van der Waals surface area contributed by atoms with Crippen molar-refractivity contribution < 1.29 is 8.42 Å². The molecule has 0 unspecified atom stereocenters. The van der Waals surface area contributed by atoms with Crippen LogP contribution in [0.1, 0.15) is 20.8 Å². The van der Waals surface area contributed by atoms with E-state index >= 15 is 0 Å². The fraction of sp³-hybridized carbons (Fsp3) is 0.333. The number of rotatable bonds is 2. The second kappa shape index (κ2) is 5.35. The molecule has 0 aliphatic carbocycles. The molecule has 1 aromatic carbocycles. The Morgan fingerprint density at radius 1 is 1.29 bits per heavy atom. The summed E-state index contributed by atoms with van der Waals surface area (Å²) in [5.41, 5.74) is 0.108. The molecule has 0 spiro atoms. The Bertz CT molecular complexity index is 796. The van der Waals surface area contributed by atoms with Gasteiger partial charge < -0.3 is 0 Å². The lowest BCUT2D eigenvalue weighted by molar-refractivity contribution is 0.366. The summed E-state index contributed by atoms with van der Waals surface area (Å²) in [6.45, 7) is 5.54. The Kier molecular flexibility index (Phi) is 4.18. The molecule has 0 saturated carbocycles. The van der Waals surface area contributed by atoms with E-state index in [9.17, 15) is 8.42 Å². The third-order valence-corrected chi connectivity index (χ3v) is 4.40. The van der Waals surface area contributed by atoms with Gasteiger partial charge in [-0.05, 0) is 54.9 Å². The SMILES string of the molecule is CC(C)(C)n1c(-c2ccc(Cl)cc2Br)nnc1S(N)(=O)=O. The van der Waals surface area contributed by atoms with Crippen LogP contribution in [0.2, 0.25) is 5.02 Å². The van der Waals surface area contributed by atoms with Crippen LogP contribution in [-0.2, 0) is 15.6 Å². The molecule has 114 valence electrons. The van der Waals surface area contributed by atoms with Crippen molar-refractivity contribution in [3.63, 3.8) is 0 Å². The van der Waals surface area contributed by atoms with Gasteiger partial charge in [0.05, 0.1) is 0 Å². The van der Waals surface area contributed by atoms with E-state index in [1.807, 2.05) is 20.8 Å². The summed E-state index contributed by atoms with van der Waals surface area (Å²) in [4.78, 5) is 0. The van der Waals surface area contributed by atoms with Gasteiger partial charge in [-0.25, -0.2) is 13.6 Å². The first-order chi connectivity index (χ1) is 9.51. The number of halogens is 2. The Morgan fingerprint density at radius 3 is 2.38 bits per heavy atom. The monoisotopic (exact) mass is 392 g/mol. The average molecular weight is 394 g/mol. The Balaban J connectivity index is 2.80. The van der Waals surface area contributed by atoms with Crippen molar-refractivity contribution in [1.29, 1.82) is 0 Å². The minimum atomic E-state index is -3.98. The molecule has 1 aromatic heterocycles. The molecule has 0 aliphatic rings. The predicted octanol–water partition coefficient (Wildman–Crippen LogP) is 2.76. The first kappa shape index (κ1) is 16.4. The molecule has 9 heteroatoms. The van der Waals surface area contributed by atoms with Crippen LogP contribution in [0.5, 0.6) is 0 Å². The number of benzene rings is 1. The number of aromatic nitrogens is 3. The molecule has 2 aromatic rings. The average Bonchev–Trinajstić information content (AvgIpc) is 2.72.